The minimum Gasteiger partial charge on any atom is -0.397 e. The molecule has 0 fully saturated rings. The molecule has 0 saturated heterocycles. The van der Waals surface area contributed by atoms with Gasteiger partial charge in [-0.05, 0) is 30.3 Å². The Bertz CT molecular complexity index is 569. The molecule has 0 aliphatic rings. The normalized spacial score (nSPS) is 10.1. The number of anilines is 3. The van der Waals surface area contributed by atoms with Gasteiger partial charge in [0.1, 0.15) is 0 Å². The third kappa shape index (κ3) is 2.46. The molecule has 4 heteroatoms. The number of carbonyl (C=O) groups is 1. The number of para-hydroxylation sites is 1. The number of nitrogens with two attached hydrogens (primary N) is 1. The minimum atomic E-state index is -0.102. The van der Waals surface area contributed by atoms with E-state index in [0.29, 0.717) is 16.4 Å². The zero-order chi connectivity index (χ0) is 13.1. The van der Waals surface area contributed by atoms with Crippen molar-refractivity contribution in [3.63, 3.8) is 0 Å². The van der Waals surface area contributed by atoms with Crippen LogP contribution in [0.4, 0.5) is 17.1 Å². The summed E-state index contributed by atoms with van der Waals surface area (Å²) in [5, 5.41) is 0.549. The summed E-state index contributed by atoms with van der Waals surface area (Å²) in [7, 11) is 0. The molecule has 18 heavy (non-hydrogen) atoms. The van der Waals surface area contributed by atoms with Crippen LogP contribution in [0.3, 0.4) is 0 Å². The number of halogens is 1. The van der Waals surface area contributed by atoms with Gasteiger partial charge in [0.15, 0.2) is 0 Å². The predicted octanol–water partition coefficient (Wildman–Crippen LogP) is 3.61. The van der Waals surface area contributed by atoms with Crippen LogP contribution in [-0.2, 0) is 4.79 Å². The largest absolute Gasteiger partial charge is 0.397 e. The first-order valence-electron chi connectivity index (χ1n) is 5.50. The highest BCUT2D eigenvalue weighted by Gasteiger charge is 2.16. The number of amides is 1. The molecule has 2 aromatic carbocycles. The number of carbonyl (C=O) groups excluding carboxylic acids is 1. The van der Waals surface area contributed by atoms with E-state index in [1.54, 1.807) is 23.1 Å². The Hall–Kier alpha value is -2.00. The highest BCUT2D eigenvalue weighted by atomic mass is 35.5. The van der Waals surface area contributed by atoms with Crippen LogP contribution in [0.5, 0.6) is 0 Å². The first-order chi connectivity index (χ1) is 8.59. The Kier molecular flexibility index (Phi) is 3.53. The molecule has 0 bridgehead atoms. The third-order valence-corrected chi connectivity index (χ3v) is 2.79. The fraction of sp³-hybridized carbons (Fsp3) is 0.0714. The summed E-state index contributed by atoms with van der Waals surface area (Å²) in [5.74, 6) is -0.102. The Labute approximate surface area is 111 Å². The zero-order valence-electron chi connectivity index (χ0n) is 9.93. The van der Waals surface area contributed by atoms with Gasteiger partial charge in [0.2, 0.25) is 5.91 Å². The van der Waals surface area contributed by atoms with Crippen molar-refractivity contribution in [2.24, 2.45) is 0 Å². The topological polar surface area (TPSA) is 46.3 Å². The van der Waals surface area contributed by atoms with E-state index in [0.717, 1.165) is 5.69 Å². The fourth-order valence-electron chi connectivity index (χ4n) is 1.80. The average molecular weight is 261 g/mol. The van der Waals surface area contributed by atoms with Crippen molar-refractivity contribution in [2.75, 3.05) is 10.6 Å². The molecule has 0 aliphatic heterocycles. The standard InChI is InChI=1S/C14H13ClN2O/c1-10(18)17(12-5-3-2-4-6-12)14-8-7-11(15)9-13(14)16/h2-9H,16H2,1H3. The average Bonchev–Trinajstić information content (AvgIpc) is 2.33. The van der Waals surface area contributed by atoms with E-state index in [4.69, 9.17) is 17.3 Å². The number of nitrogens with zero attached hydrogens (tertiary/aromatic N) is 1. The molecular formula is C14H13ClN2O. The van der Waals surface area contributed by atoms with E-state index < -0.39 is 0 Å². The molecule has 0 atom stereocenters. The molecule has 3 nitrogen and oxygen atoms in total. The summed E-state index contributed by atoms with van der Waals surface area (Å²) in [4.78, 5) is 13.4. The van der Waals surface area contributed by atoms with Crippen LogP contribution < -0.4 is 10.6 Å². The molecule has 0 aromatic heterocycles. The number of hydrogen-bond acceptors (Lipinski definition) is 2. The van der Waals surface area contributed by atoms with Crippen LogP contribution in [0.25, 0.3) is 0 Å². The Morgan fingerprint density at radius 1 is 1.17 bits per heavy atom. The van der Waals surface area contributed by atoms with Crippen LogP contribution in [-0.4, -0.2) is 5.91 Å². The van der Waals surface area contributed by atoms with Gasteiger partial charge in [-0.25, -0.2) is 0 Å². The monoisotopic (exact) mass is 260 g/mol. The van der Waals surface area contributed by atoms with Gasteiger partial charge in [-0.2, -0.15) is 0 Å². The van der Waals surface area contributed by atoms with Gasteiger partial charge in [-0.1, -0.05) is 29.8 Å². The maximum atomic E-state index is 11.8. The van der Waals surface area contributed by atoms with E-state index in [1.165, 1.54) is 6.92 Å². The van der Waals surface area contributed by atoms with Crippen molar-refractivity contribution in [1.82, 2.24) is 0 Å². The summed E-state index contributed by atoms with van der Waals surface area (Å²) in [6.07, 6.45) is 0. The molecule has 2 aromatic rings. The first-order valence-corrected chi connectivity index (χ1v) is 5.88. The van der Waals surface area contributed by atoms with Crippen LogP contribution >= 0.6 is 11.6 Å². The molecule has 0 saturated carbocycles. The second kappa shape index (κ2) is 5.10. The van der Waals surface area contributed by atoms with Crippen LogP contribution in [0.1, 0.15) is 6.92 Å². The minimum absolute atomic E-state index is 0.102. The highest BCUT2D eigenvalue weighted by molar-refractivity contribution is 6.31. The van der Waals surface area contributed by atoms with Crippen LogP contribution in [0, 0.1) is 0 Å². The lowest BCUT2D eigenvalue weighted by Crippen LogP contribution is -2.23. The maximum Gasteiger partial charge on any atom is 0.228 e. The molecule has 0 spiro atoms. The Morgan fingerprint density at radius 3 is 2.39 bits per heavy atom. The van der Waals surface area contributed by atoms with Gasteiger partial charge < -0.3 is 5.73 Å². The quantitative estimate of drug-likeness (QED) is 0.839. The van der Waals surface area contributed by atoms with E-state index in [-0.39, 0.29) is 5.91 Å². The Morgan fingerprint density at radius 2 is 1.83 bits per heavy atom. The van der Waals surface area contributed by atoms with Gasteiger partial charge in [-0.15, -0.1) is 0 Å². The summed E-state index contributed by atoms with van der Waals surface area (Å²) < 4.78 is 0. The highest BCUT2D eigenvalue weighted by Crippen LogP contribution is 2.32. The van der Waals surface area contributed by atoms with E-state index >= 15 is 0 Å². The lowest BCUT2D eigenvalue weighted by atomic mass is 10.2. The second-order valence-electron chi connectivity index (χ2n) is 3.89. The second-order valence-corrected chi connectivity index (χ2v) is 4.33. The Balaban J connectivity index is 2.52. The molecular weight excluding hydrogens is 248 g/mol. The van der Waals surface area contributed by atoms with Crippen molar-refractivity contribution in [2.45, 2.75) is 6.92 Å². The predicted molar refractivity (Wildman–Crippen MR) is 75.1 cm³/mol. The summed E-state index contributed by atoms with van der Waals surface area (Å²) >= 11 is 5.86. The molecule has 92 valence electrons. The van der Waals surface area contributed by atoms with Crippen LogP contribution in [0.2, 0.25) is 5.02 Å². The third-order valence-electron chi connectivity index (χ3n) is 2.56. The SMILES string of the molecule is CC(=O)N(c1ccccc1)c1ccc(Cl)cc1N. The molecule has 2 rings (SSSR count). The number of rotatable bonds is 2. The van der Waals surface area contributed by atoms with E-state index in [1.807, 2.05) is 30.3 Å². The molecule has 0 unspecified atom stereocenters. The maximum absolute atomic E-state index is 11.8. The molecule has 2 N–H and O–H groups in total. The summed E-state index contributed by atoms with van der Waals surface area (Å²) in [6.45, 7) is 1.50. The van der Waals surface area contributed by atoms with E-state index in [2.05, 4.69) is 0 Å². The summed E-state index contributed by atoms with van der Waals surface area (Å²) in [6, 6.07) is 14.4. The zero-order valence-corrected chi connectivity index (χ0v) is 10.7. The van der Waals surface area contributed by atoms with Gasteiger partial charge in [0.05, 0.1) is 11.4 Å². The van der Waals surface area contributed by atoms with E-state index in [9.17, 15) is 4.79 Å². The fourth-order valence-corrected chi connectivity index (χ4v) is 1.98. The van der Waals surface area contributed by atoms with Crippen molar-refractivity contribution >= 4 is 34.6 Å². The van der Waals surface area contributed by atoms with Gasteiger partial charge >= 0.3 is 0 Å². The molecule has 0 aliphatic carbocycles. The van der Waals surface area contributed by atoms with Crippen molar-refractivity contribution in [3.8, 4) is 0 Å². The number of hydrogen-bond donors (Lipinski definition) is 1. The number of benzene rings is 2. The van der Waals surface area contributed by atoms with Gasteiger partial charge in [-0.3, -0.25) is 9.69 Å². The lowest BCUT2D eigenvalue weighted by Gasteiger charge is -2.22. The molecule has 0 heterocycles. The lowest BCUT2D eigenvalue weighted by molar-refractivity contribution is -0.115. The first kappa shape index (κ1) is 12.5. The van der Waals surface area contributed by atoms with Crippen LogP contribution in [0.15, 0.2) is 48.5 Å². The number of nitrogen functional groups attached to an aromatic ring is 1. The molecule has 1 amide bonds. The summed E-state index contributed by atoms with van der Waals surface area (Å²) in [5.41, 5.74) is 7.81. The van der Waals surface area contributed by atoms with Gasteiger partial charge in [0.25, 0.3) is 0 Å². The smallest absolute Gasteiger partial charge is 0.228 e. The van der Waals surface area contributed by atoms with Crippen molar-refractivity contribution in [3.05, 3.63) is 53.6 Å². The van der Waals surface area contributed by atoms with Gasteiger partial charge in [0, 0.05) is 17.6 Å². The molecule has 0 radical (unpaired) electrons. The van der Waals surface area contributed by atoms with Crippen molar-refractivity contribution in [1.29, 1.82) is 0 Å². The van der Waals surface area contributed by atoms with Crippen molar-refractivity contribution < 1.29 is 4.79 Å².